The summed E-state index contributed by atoms with van der Waals surface area (Å²) in [6.45, 7) is 14.1. The lowest BCUT2D eigenvalue weighted by atomic mass is 9.71. The minimum absolute atomic E-state index is 0.414. The average Bonchev–Trinajstić information content (AvgIpc) is 2.34. The van der Waals surface area contributed by atoms with Crippen LogP contribution in [0.4, 0.5) is 0 Å². The molecule has 0 nitrogen and oxygen atoms in total. The third kappa shape index (κ3) is 4.79. The van der Waals surface area contributed by atoms with Crippen LogP contribution in [0.25, 0.3) is 0 Å². The molecular formula is C20H36. The third-order valence-corrected chi connectivity index (χ3v) is 4.93. The second-order valence-corrected chi connectivity index (χ2v) is 7.31. The van der Waals surface area contributed by atoms with Gasteiger partial charge in [-0.1, -0.05) is 77.0 Å². The molecule has 1 aliphatic carbocycles. The summed E-state index contributed by atoms with van der Waals surface area (Å²) in [5.74, 6) is 0.897. The highest BCUT2D eigenvalue weighted by Gasteiger charge is 2.27. The minimum Gasteiger partial charge on any atom is -0.0751 e. The van der Waals surface area contributed by atoms with Crippen molar-refractivity contribution in [3.8, 4) is 0 Å². The van der Waals surface area contributed by atoms with Crippen molar-refractivity contribution >= 4 is 0 Å². The van der Waals surface area contributed by atoms with E-state index in [1.807, 2.05) is 0 Å². The van der Waals surface area contributed by atoms with Crippen molar-refractivity contribution in [2.45, 2.75) is 92.9 Å². The monoisotopic (exact) mass is 276 g/mol. The fourth-order valence-electron chi connectivity index (χ4n) is 4.23. The van der Waals surface area contributed by atoms with Crippen molar-refractivity contribution in [3.05, 3.63) is 22.8 Å². The summed E-state index contributed by atoms with van der Waals surface area (Å²) in [7, 11) is 0. The molecule has 1 unspecified atom stereocenters. The molecule has 0 saturated heterocycles. The van der Waals surface area contributed by atoms with Crippen LogP contribution in [0.15, 0.2) is 22.8 Å². The van der Waals surface area contributed by atoms with E-state index in [-0.39, 0.29) is 0 Å². The van der Waals surface area contributed by atoms with Gasteiger partial charge in [-0.3, -0.25) is 0 Å². The maximum Gasteiger partial charge on any atom is -0.0104 e. The molecule has 1 aliphatic rings. The molecule has 0 N–H and O–H groups in total. The Labute approximate surface area is 127 Å². The van der Waals surface area contributed by atoms with E-state index in [0.29, 0.717) is 5.41 Å². The molecule has 20 heavy (non-hydrogen) atoms. The van der Waals surface area contributed by atoms with Crippen molar-refractivity contribution in [1.29, 1.82) is 0 Å². The fraction of sp³-hybridized carbons (Fsp3) is 0.800. The molecule has 0 bridgehead atoms. The first-order chi connectivity index (χ1) is 9.45. The van der Waals surface area contributed by atoms with Crippen LogP contribution in [-0.2, 0) is 0 Å². The van der Waals surface area contributed by atoms with E-state index in [2.05, 4.69) is 47.6 Å². The summed E-state index contributed by atoms with van der Waals surface area (Å²) < 4.78 is 0. The van der Waals surface area contributed by atoms with Gasteiger partial charge in [0.25, 0.3) is 0 Å². The SMILES string of the molecule is CCCC(CCC)CC1=C(C)CC(C)(CCC)C=C1C. The van der Waals surface area contributed by atoms with E-state index in [0.717, 1.165) is 5.92 Å². The Kier molecular flexibility index (Phi) is 7.06. The molecular weight excluding hydrogens is 240 g/mol. The molecule has 1 rings (SSSR count). The zero-order chi connectivity index (χ0) is 15.2. The second kappa shape index (κ2) is 8.05. The first-order valence-corrected chi connectivity index (χ1v) is 8.84. The second-order valence-electron chi connectivity index (χ2n) is 7.31. The lowest BCUT2D eigenvalue weighted by molar-refractivity contribution is 0.368. The van der Waals surface area contributed by atoms with Gasteiger partial charge in [-0.2, -0.15) is 0 Å². The van der Waals surface area contributed by atoms with Crippen LogP contribution in [0.3, 0.4) is 0 Å². The number of hydrogen-bond donors (Lipinski definition) is 0. The summed E-state index contributed by atoms with van der Waals surface area (Å²) in [5.41, 5.74) is 5.34. The zero-order valence-corrected chi connectivity index (χ0v) is 14.8. The maximum atomic E-state index is 2.58. The average molecular weight is 277 g/mol. The Hall–Kier alpha value is -0.520. The molecule has 0 saturated carbocycles. The van der Waals surface area contributed by atoms with Gasteiger partial charge in [0.2, 0.25) is 0 Å². The maximum absolute atomic E-state index is 2.58. The van der Waals surface area contributed by atoms with Gasteiger partial charge in [-0.15, -0.1) is 0 Å². The van der Waals surface area contributed by atoms with Crippen LogP contribution in [0.1, 0.15) is 92.9 Å². The molecule has 0 spiro atoms. The summed E-state index contributed by atoms with van der Waals surface area (Å²) in [6, 6.07) is 0. The van der Waals surface area contributed by atoms with Crippen molar-refractivity contribution < 1.29 is 0 Å². The van der Waals surface area contributed by atoms with Gasteiger partial charge in [-0.25, -0.2) is 0 Å². The van der Waals surface area contributed by atoms with Crippen LogP contribution >= 0.6 is 0 Å². The summed E-state index contributed by atoms with van der Waals surface area (Å²) in [5, 5.41) is 0. The number of hydrogen-bond acceptors (Lipinski definition) is 0. The molecule has 0 aliphatic heterocycles. The van der Waals surface area contributed by atoms with Gasteiger partial charge in [0, 0.05) is 0 Å². The highest BCUT2D eigenvalue weighted by Crippen LogP contribution is 2.42. The topological polar surface area (TPSA) is 0 Å². The van der Waals surface area contributed by atoms with E-state index in [4.69, 9.17) is 0 Å². The van der Waals surface area contributed by atoms with Crippen molar-refractivity contribution in [3.63, 3.8) is 0 Å². The van der Waals surface area contributed by atoms with Crippen LogP contribution < -0.4 is 0 Å². The highest BCUT2D eigenvalue weighted by atomic mass is 14.3. The van der Waals surface area contributed by atoms with Gasteiger partial charge in [0.1, 0.15) is 0 Å². The standard InChI is InChI=1S/C20H36/c1-7-10-18(11-8-2)13-19-16(4)14-20(6,12-9-3)15-17(19)5/h14,18H,7-13,15H2,1-6H3. The van der Waals surface area contributed by atoms with Crippen LogP contribution in [0.2, 0.25) is 0 Å². The highest BCUT2D eigenvalue weighted by molar-refractivity contribution is 5.39. The molecule has 0 aromatic carbocycles. The smallest absolute Gasteiger partial charge is 0.0104 e. The van der Waals surface area contributed by atoms with E-state index in [1.165, 1.54) is 51.4 Å². The fourth-order valence-corrected chi connectivity index (χ4v) is 4.23. The van der Waals surface area contributed by atoms with Gasteiger partial charge in [0.05, 0.1) is 0 Å². The van der Waals surface area contributed by atoms with E-state index < -0.39 is 0 Å². The number of allylic oxidation sites excluding steroid dienone is 4. The molecule has 0 heterocycles. The normalized spacial score (nSPS) is 23.4. The van der Waals surface area contributed by atoms with E-state index in [9.17, 15) is 0 Å². The molecule has 116 valence electrons. The lowest BCUT2D eigenvalue weighted by Gasteiger charge is -2.34. The first kappa shape index (κ1) is 17.5. The third-order valence-electron chi connectivity index (χ3n) is 4.93. The Morgan fingerprint density at radius 1 is 1.05 bits per heavy atom. The van der Waals surface area contributed by atoms with Crippen LogP contribution in [-0.4, -0.2) is 0 Å². The van der Waals surface area contributed by atoms with Crippen molar-refractivity contribution in [2.24, 2.45) is 11.3 Å². The first-order valence-electron chi connectivity index (χ1n) is 8.84. The van der Waals surface area contributed by atoms with Crippen LogP contribution in [0, 0.1) is 11.3 Å². The number of rotatable bonds is 8. The minimum atomic E-state index is 0.414. The predicted molar refractivity (Wildman–Crippen MR) is 92.0 cm³/mol. The molecule has 0 amide bonds. The van der Waals surface area contributed by atoms with E-state index in [1.54, 1.807) is 16.7 Å². The predicted octanol–water partition coefficient (Wildman–Crippen LogP) is 7.07. The van der Waals surface area contributed by atoms with Gasteiger partial charge in [0.15, 0.2) is 0 Å². The molecule has 0 heteroatoms. The molecule has 0 aromatic heterocycles. The van der Waals surface area contributed by atoms with E-state index >= 15 is 0 Å². The Balaban J connectivity index is 2.82. The largest absolute Gasteiger partial charge is 0.0751 e. The van der Waals surface area contributed by atoms with Crippen LogP contribution in [0.5, 0.6) is 0 Å². The Morgan fingerprint density at radius 2 is 1.65 bits per heavy atom. The molecule has 0 radical (unpaired) electrons. The summed E-state index contributed by atoms with van der Waals surface area (Å²) in [6.07, 6.45) is 13.2. The lowest BCUT2D eigenvalue weighted by Crippen LogP contribution is -2.20. The molecule has 1 atom stereocenters. The Bertz CT molecular complexity index is 352. The Morgan fingerprint density at radius 3 is 2.10 bits per heavy atom. The molecule has 0 aromatic rings. The van der Waals surface area contributed by atoms with Crippen molar-refractivity contribution in [2.75, 3.05) is 0 Å². The summed E-state index contributed by atoms with van der Waals surface area (Å²) >= 11 is 0. The van der Waals surface area contributed by atoms with Gasteiger partial charge < -0.3 is 0 Å². The quantitative estimate of drug-likeness (QED) is 0.445. The van der Waals surface area contributed by atoms with Gasteiger partial charge in [-0.05, 0) is 50.0 Å². The zero-order valence-electron chi connectivity index (χ0n) is 14.8. The van der Waals surface area contributed by atoms with Gasteiger partial charge >= 0.3 is 0 Å². The molecule has 0 fully saturated rings. The summed E-state index contributed by atoms with van der Waals surface area (Å²) in [4.78, 5) is 0. The van der Waals surface area contributed by atoms with Crippen molar-refractivity contribution in [1.82, 2.24) is 0 Å².